The van der Waals surface area contributed by atoms with Gasteiger partial charge in [0.05, 0.1) is 0 Å². The molecule has 0 aromatic carbocycles. The van der Waals surface area contributed by atoms with Gasteiger partial charge in [0.1, 0.15) is 5.60 Å². The summed E-state index contributed by atoms with van der Waals surface area (Å²) in [4.78, 5) is 22.7. The quantitative estimate of drug-likeness (QED) is 0.366. The molecule has 0 aliphatic heterocycles. The van der Waals surface area contributed by atoms with Crippen LogP contribution in [0.4, 0.5) is 4.79 Å². The van der Waals surface area contributed by atoms with Crippen molar-refractivity contribution in [1.82, 2.24) is 25.7 Å². The number of alkyl carbamates (subject to hydrolysis) is 1. The lowest BCUT2D eigenvalue weighted by molar-refractivity contribution is 0.0486. The number of aryl methyl sites for hydroxylation is 2. The van der Waals surface area contributed by atoms with Crippen molar-refractivity contribution in [3.8, 4) is 0 Å². The van der Waals surface area contributed by atoms with Gasteiger partial charge in [-0.05, 0) is 46.5 Å². The van der Waals surface area contributed by atoms with E-state index < -0.39 is 5.60 Å². The number of nitrogens with one attached hydrogen (secondary N) is 2. The van der Waals surface area contributed by atoms with Crippen molar-refractivity contribution in [3.63, 3.8) is 0 Å². The first kappa shape index (κ1) is 24.7. The number of hydrogen-bond acceptors (Lipinski definition) is 6. The predicted octanol–water partition coefficient (Wildman–Crippen LogP) is 2.76. The second-order valence-corrected chi connectivity index (χ2v) is 8.52. The molecule has 0 fully saturated rings. The largest absolute Gasteiger partial charge is 0.444 e. The lowest BCUT2D eigenvalue weighted by Crippen LogP contribution is -2.45. The normalized spacial score (nSPS) is 13.3. The molecule has 0 saturated heterocycles. The molecular weight excluding hydrogens is 372 g/mol. The number of aromatic nitrogens is 2. The minimum absolute atomic E-state index is 0.0196. The van der Waals surface area contributed by atoms with E-state index >= 15 is 0 Å². The molecular formula is C20H38N6O3. The van der Waals surface area contributed by atoms with Gasteiger partial charge in [0.2, 0.25) is 5.89 Å². The summed E-state index contributed by atoms with van der Waals surface area (Å²) in [5.41, 5.74) is -0.506. The molecule has 0 radical (unpaired) electrons. The molecule has 0 aliphatic rings. The number of ether oxygens (including phenoxy) is 1. The molecule has 166 valence electrons. The van der Waals surface area contributed by atoms with E-state index in [0.717, 1.165) is 38.3 Å². The summed E-state index contributed by atoms with van der Waals surface area (Å²) < 4.78 is 10.5. The molecule has 1 atom stereocenters. The molecule has 0 aliphatic carbocycles. The number of rotatable bonds is 9. The van der Waals surface area contributed by atoms with E-state index in [2.05, 4.69) is 44.5 Å². The lowest BCUT2D eigenvalue weighted by Gasteiger charge is -2.28. The molecule has 0 saturated carbocycles. The van der Waals surface area contributed by atoms with E-state index in [1.54, 1.807) is 7.05 Å². The van der Waals surface area contributed by atoms with Gasteiger partial charge < -0.3 is 24.8 Å². The molecule has 1 aromatic heterocycles. The van der Waals surface area contributed by atoms with Gasteiger partial charge in [-0.15, -0.1) is 0 Å². The van der Waals surface area contributed by atoms with Gasteiger partial charge in [0.15, 0.2) is 11.8 Å². The van der Waals surface area contributed by atoms with E-state index in [4.69, 9.17) is 9.26 Å². The Morgan fingerprint density at radius 2 is 2.03 bits per heavy atom. The fourth-order valence-electron chi connectivity index (χ4n) is 2.74. The standard InChI is InChI=1S/C20H38N6O3/c1-14(2)16(24-19(27)28-20(4,5)6)11-13-26(8)18(21-7)22-12-9-10-17-23-15(3)25-29-17/h14,16H,9-13H2,1-8H3,(H,21,22)(H,24,27). The Morgan fingerprint density at radius 1 is 1.34 bits per heavy atom. The molecule has 2 N–H and O–H groups in total. The summed E-state index contributed by atoms with van der Waals surface area (Å²) in [7, 11) is 3.75. The summed E-state index contributed by atoms with van der Waals surface area (Å²) in [6.45, 7) is 13.1. The van der Waals surface area contributed by atoms with Gasteiger partial charge in [0, 0.05) is 39.6 Å². The zero-order valence-corrected chi connectivity index (χ0v) is 19.2. The van der Waals surface area contributed by atoms with Crippen LogP contribution in [0, 0.1) is 12.8 Å². The van der Waals surface area contributed by atoms with E-state index in [-0.39, 0.29) is 12.1 Å². The van der Waals surface area contributed by atoms with Crippen molar-refractivity contribution in [2.75, 3.05) is 27.2 Å². The number of aliphatic imine (C=N–C) groups is 1. The highest BCUT2D eigenvalue weighted by Crippen LogP contribution is 2.11. The molecule has 1 amide bonds. The molecule has 0 spiro atoms. The highest BCUT2D eigenvalue weighted by Gasteiger charge is 2.22. The van der Waals surface area contributed by atoms with Crippen molar-refractivity contribution in [1.29, 1.82) is 0 Å². The first-order valence-corrected chi connectivity index (χ1v) is 10.2. The van der Waals surface area contributed by atoms with Gasteiger partial charge in [0.25, 0.3) is 0 Å². The smallest absolute Gasteiger partial charge is 0.407 e. The third-order valence-corrected chi connectivity index (χ3v) is 4.28. The highest BCUT2D eigenvalue weighted by atomic mass is 16.6. The summed E-state index contributed by atoms with van der Waals surface area (Å²) in [6.07, 6.45) is 2.00. The van der Waals surface area contributed by atoms with Crippen molar-refractivity contribution in [3.05, 3.63) is 11.7 Å². The van der Waals surface area contributed by atoms with Crippen LogP contribution in [0.15, 0.2) is 9.52 Å². The number of carbonyl (C=O) groups excluding carboxylic acids is 1. The summed E-state index contributed by atoms with van der Waals surface area (Å²) in [6, 6.07) is 0.0196. The maximum atomic E-state index is 12.1. The Bertz CT molecular complexity index is 651. The Morgan fingerprint density at radius 3 is 2.55 bits per heavy atom. The maximum Gasteiger partial charge on any atom is 0.407 e. The highest BCUT2D eigenvalue weighted by molar-refractivity contribution is 5.79. The fourth-order valence-corrected chi connectivity index (χ4v) is 2.74. The monoisotopic (exact) mass is 410 g/mol. The maximum absolute atomic E-state index is 12.1. The number of amides is 1. The Hall–Kier alpha value is -2.32. The molecule has 1 heterocycles. The van der Waals surface area contributed by atoms with Crippen LogP contribution in [0.25, 0.3) is 0 Å². The second kappa shape index (κ2) is 11.6. The third kappa shape index (κ3) is 10.1. The van der Waals surface area contributed by atoms with Crippen molar-refractivity contribution < 1.29 is 14.1 Å². The first-order valence-electron chi connectivity index (χ1n) is 10.2. The van der Waals surface area contributed by atoms with Crippen LogP contribution >= 0.6 is 0 Å². The summed E-state index contributed by atoms with van der Waals surface area (Å²) in [5.74, 6) is 2.42. The van der Waals surface area contributed by atoms with E-state index in [1.807, 2.05) is 34.7 Å². The van der Waals surface area contributed by atoms with Gasteiger partial charge in [-0.25, -0.2) is 4.79 Å². The summed E-state index contributed by atoms with van der Waals surface area (Å²) in [5, 5.41) is 10.1. The van der Waals surface area contributed by atoms with Gasteiger partial charge in [-0.2, -0.15) is 4.98 Å². The Labute approximate surface area is 174 Å². The predicted molar refractivity (Wildman–Crippen MR) is 114 cm³/mol. The minimum Gasteiger partial charge on any atom is -0.444 e. The van der Waals surface area contributed by atoms with Crippen LogP contribution in [-0.2, 0) is 11.2 Å². The summed E-state index contributed by atoms with van der Waals surface area (Å²) >= 11 is 0. The van der Waals surface area contributed by atoms with Gasteiger partial charge >= 0.3 is 6.09 Å². The number of guanidine groups is 1. The Kier molecular flexibility index (Phi) is 9.91. The average Bonchev–Trinajstić information content (AvgIpc) is 3.01. The van der Waals surface area contributed by atoms with Gasteiger partial charge in [-0.3, -0.25) is 4.99 Å². The number of hydrogen-bond donors (Lipinski definition) is 2. The van der Waals surface area contributed by atoms with Crippen LogP contribution in [0.2, 0.25) is 0 Å². The molecule has 9 nitrogen and oxygen atoms in total. The number of carbonyl (C=O) groups is 1. The van der Waals surface area contributed by atoms with Crippen LogP contribution in [-0.4, -0.2) is 65.9 Å². The molecule has 29 heavy (non-hydrogen) atoms. The minimum atomic E-state index is -0.506. The zero-order valence-electron chi connectivity index (χ0n) is 19.2. The van der Waals surface area contributed by atoms with Crippen molar-refractivity contribution >= 4 is 12.1 Å². The van der Waals surface area contributed by atoms with E-state index in [9.17, 15) is 4.79 Å². The van der Waals surface area contributed by atoms with Gasteiger partial charge in [-0.1, -0.05) is 19.0 Å². The molecule has 9 heteroatoms. The van der Waals surface area contributed by atoms with E-state index in [0.29, 0.717) is 17.6 Å². The molecule has 1 unspecified atom stereocenters. The van der Waals surface area contributed by atoms with Crippen LogP contribution in [0.5, 0.6) is 0 Å². The molecule has 1 rings (SSSR count). The van der Waals surface area contributed by atoms with Crippen molar-refractivity contribution in [2.45, 2.75) is 72.4 Å². The third-order valence-electron chi connectivity index (χ3n) is 4.28. The second-order valence-electron chi connectivity index (χ2n) is 8.52. The van der Waals surface area contributed by atoms with E-state index in [1.165, 1.54) is 0 Å². The average molecular weight is 411 g/mol. The fraction of sp³-hybridized carbons (Fsp3) is 0.800. The van der Waals surface area contributed by atoms with Crippen LogP contribution in [0.3, 0.4) is 0 Å². The van der Waals surface area contributed by atoms with Crippen LogP contribution in [0.1, 0.15) is 59.2 Å². The first-order chi connectivity index (χ1) is 13.5. The lowest BCUT2D eigenvalue weighted by atomic mass is 10.0. The molecule has 1 aromatic rings. The van der Waals surface area contributed by atoms with Crippen LogP contribution < -0.4 is 10.6 Å². The number of nitrogens with zero attached hydrogens (tertiary/aromatic N) is 4. The zero-order chi connectivity index (χ0) is 22.0. The topological polar surface area (TPSA) is 105 Å². The SMILES string of the molecule is CN=C(NCCCc1nc(C)no1)N(C)CCC(NC(=O)OC(C)(C)C)C(C)C. The molecule has 0 bridgehead atoms. The Balaban J connectivity index is 2.42. The van der Waals surface area contributed by atoms with Crippen molar-refractivity contribution in [2.24, 2.45) is 10.9 Å².